The normalized spacial score (nSPS) is 14.4. The molecule has 0 heterocycles. The maximum atomic E-state index is 13.2. The monoisotopic (exact) mass is 379 g/mol. The van der Waals surface area contributed by atoms with Crippen molar-refractivity contribution in [3.8, 4) is 0 Å². The number of hydrogen-bond donors (Lipinski definition) is 1. The molecule has 150 valence electrons. The lowest BCUT2D eigenvalue weighted by Crippen LogP contribution is -2.45. The second kappa shape index (κ2) is 11.3. The third-order valence-corrected chi connectivity index (χ3v) is 5.07. The van der Waals surface area contributed by atoms with Crippen molar-refractivity contribution in [1.82, 2.24) is 5.32 Å². The van der Waals surface area contributed by atoms with Gasteiger partial charge in [0, 0.05) is 11.2 Å². The molecule has 0 spiro atoms. The zero-order valence-electron chi connectivity index (χ0n) is 17.8. The molecule has 2 heteroatoms. The number of hydrogen-bond acceptors (Lipinski definition) is 1. The summed E-state index contributed by atoms with van der Waals surface area (Å²) in [7, 11) is 0. The van der Waals surface area contributed by atoms with Crippen LogP contribution < -0.4 is 5.32 Å². The highest BCUT2D eigenvalue weighted by molar-refractivity contribution is 5.47. The first-order valence-electron chi connectivity index (χ1n) is 9.65. The molecule has 0 bridgehead atoms. The third kappa shape index (κ3) is 7.19. The molecular weight excluding hydrogens is 345 g/mol. The largest absolute Gasteiger partial charge is 0.380 e. The standard InChI is InChI=1S/C26H34FN/c1-8-10-16-25(20(3)19-27)18-24(9-2)22(5)28-26(6,7)21(4)17-23-14-12-11-13-15-23/h8-16,18,21,28H,1-2,5,17,19H2,3-4,6-7H3/b16-10-,24-18+,25-20+. The molecular formula is C26H34FN. The zero-order chi connectivity index (χ0) is 21.2. The minimum absolute atomic E-state index is 0.176. The van der Waals surface area contributed by atoms with Gasteiger partial charge >= 0.3 is 0 Å². The van der Waals surface area contributed by atoms with E-state index in [2.05, 4.69) is 70.1 Å². The predicted molar refractivity (Wildman–Crippen MR) is 122 cm³/mol. The van der Waals surface area contributed by atoms with E-state index < -0.39 is 6.67 Å². The zero-order valence-corrected chi connectivity index (χ0v) is 17.8. The molecule has 1 atom stereocenters. The highest BCUT2D eigenvalue weighted by Crippen LogP contribution is 2.24. The SMILES string of the molecule is C=C\C=C/C(/C=C(\C=C)C(=C)NC(C)(C)C(C)Cc1ccccc1)=C(/C)CF. The van der Waals surface area contributed by atoms with Crippen LogP contribution >= 0.6 is 0 Å². The molecule has 0 fully saturated rings. The van der Waals surface area contributed by atoms with E-state index >= 15 is 0 Å². The van der Waals surface area contributed by atoms with Crippen LogP contribution in [0, 0.1) is 5.92 Å². The van der Waals surface area contributed by atoms with E-state index in [9.17, 15) is 4.39 Å². The van der Waals surface area contributed by atoms with Crippen molar-refractivity contribution < 1.29 is 4.39 Å². The van der Waals surface area contributed by atoms with Gasteiger partial charge in [-0.15, -0.1) is 0 Å². The van der Waals surface area contributed by atoms with Crippen molar-refractivity contribution in [2.75, 3.05) is 6.67 Å². The second-order valence-corrected chi connectivity index (χ2v) is 7.68. The summed E-state index contributed by atoms with van der Waals surface area (Å²) >= 11 is 0. The summed E-state index contributed by atoms with van der Waals surface area (Å²) in [4.78, 5) is 0. The van der Waals surface area contributed by atoms with E-state index in [1.54, 1.807) is 25.2 Å². The number of rotatable bonds is 11. The number of halogens is 1. The van der Waals surface area contributed by atoms with Crippen molar-refractivity contribution in [3.63, 3.8) is 0 Å². The van der Waals surface area contributed by atoms with Gasteiger partial charge in [-0.1, -0.05) is 81.3 Å². The molecule has 0 saturated carbocycles. The lowest BCUT2D eigenvalue weighted by atomic mass is 9.83. The quantitative estimate of drug-likeness (QED) is 0.413. The van der Waals surface area contributed by atoms with Gasteiger partial charge in [0.15, 0.2) is 0 Å². The van der Waals surface area contributed by atoms with Crippen molar-refractivity contribution in [2.24, 2.45) is 5.92 Å². The molecule has 1 rings (SSSR count). The Morgan fingerprint density at radius 2 is 1.86 bits per heavy atom. The molecule has 0 radical (unpaired) electrons. The Bertz CT molecular complexity index is 763. The van der Waals surface area contributed by atoms with Gasteiger partial charge in [-0.3, -0.25) is 0 Å². The molecule has 0 aliphatic carbocycles. The Morgan fingerprint density at radius 1 is 1.21 bits per heavy atom. The molecule has 0 amide bonds. The maximum Gasteiger partial charge on any atom is 0.111 e. The van der Waals surface area contributed by atoms with Crippen molar-refractivity contribution in [2.45, 2.75) is 39.7 Å². The highest BCUT2D eigenvalue weighted by Gasteiger charge is 2.26. The minimum Gasteiger partial charge on any atom is -0.380 e. The number of allylic oxidation sites excluding steroid dienone is 7. The summed E-state index contributed by atoms with van der Waals surface area (Å²) < 4.78 is 13.2. The lowest BCUT2D eigenvalue weighted by Gasteiger charge is -2.35. The molecule has 1 aromatic rings. The predicted octanol–water partition coefficient (Wildman–Crippen LogP) is 6.89. The number of benzene rings is 1. The average Bonchev–Trinajstić information content (AvgIpc) is 2.67. The van der Waals surface area contributed by atoms with Crippen LogP contribution in [0.4, 0.5) is 4.39 Å². The van der Waals surface area contributed by atoms with Gasteiger partial charge in [0.05, 0.1) is 0 Å². The molecule has 1 unspecified atom stereocenters. The van der Waals surface area contributed by atoms with Gasteiger partial charge in [0.25, 0.3) is 0 Å². The van der Waals surface area contributed by atoms with Crippen molar-refractivity contribution in [1.29, 1.82) is 0 Å². The van der Waals surface area contributed by atoms with Crippen LogP contribution in [0.1, 0.15) is 33.3 Å². The maximum absolute atomic E-state index is 13.2. The average molecular weight is 380 g/mol. The first-order valence-corrected chi connectivity index (χ1v) is 9.65. The van der Waals surface area contributed by atoms with Gasteiger partial charge in [0.1, 0.15) is 6.67 Å². The molecule has 0 aliphatic heterocycles. The number of nitrogens with one attached hydrogen (secondary N) is 1. The first-order chi connectivity index (χ1) is 13.2. The Morgan fingerprint density at radius 3 is 2.39 bits per heavy atom. The van der Waals surface area contributed by atoms with Crippen LogP contribution in [0.15, 0.2) is 103 Å². The molecule has 0 aliphatic rings. The van der Waals surface area contributed by atoms with Crippen LogP contribution in [0.5, 0.6) is 0 Å². The van der Waals surface area contributed by atoms with E-state index in [-0.39, 0.29) is 5.54 Å². The molecule has 28 heavy (non-hydrogen) atoms. The summed E-state index contributed by atoms with van der Waals surface area (Å²) in [6, 6.07) is 10.5. The summed E-state index contributed by atoms with van der Waals surface area (Å²) in [5.74, 6) is 0.376. The fraction of sp³-hybridized carbons (Fsp3) is 0.308. The van der Waals surface area contributed by atoms with Gasteiger partial charge in [-0.2, -0.15) is 0 Å². The summed E-state index contributed by atoms with van der Waals surface area (Å²) in [6.07, 6.45) is 9.95. The van der Waals surface area contributed by atoms with Crippen LogP contribution in [0.3, 0.4) is 0 Å². The van der Waals surface area contributed by atoms with Crippen LogP contribution in [-0.4, -0.2) is 12.2 Å². The highest BCUT2D eigenvalue weighted by atomic mass is 19.1. The fourth-order valence-electron chi connectivity index (χ4n) is 2.81. The van der Waals surface area contributed by atoms with Gasteiger partial charge in [-0.25, -0.2) is 4.39 Å². The van der Waals surface area contributed by atoms with E-state index in [0.29, 0.717) is 11.5 Å². The number of alkyl halides is 1. The summed E-state index contributed by atoms with van der Waals surface area (Å²) in [5.41, 5.74) is 4.21. The van der Waals surface area contributed by atoms with Gasteiger partial charge < -0.3 is 5.32 Å². The van der Waals surface area contributed by atoms with Crippen molar-refractivity contribution in [3.05, 3.63) is 108 Å². The molecule has 1 N–H and O–H groups in total. The van der Waals surface area contributed by atoms with E-state index in [1.165, 1.54) is 5.56 Å². The Labute approximate surface area is 170 Å². The van der Waals surface area contributed by atoms with E-state index in [0.717, 1.165) is 23.3 Å². The van der Waals surface area contributed by atoms with Gasteiger partial charge in [-0.05, 0) is 61.5 Å². The Kier molecular flexibility index (Phi) is 9.44. The third-order valence-electron chi connectivity index (χ3n) is 5.07. The smallest absolute Gasteiger partial charge is 0.111 e. The summed E-state index contributed by atoms with van der Waals surface area (Å²) in [5, 5.41) is 3.55. The summed E-state index contributed by atoms with van der Waals surface area (Å²) in [6.45, 7) is 19.7. The van der Waals surface area contributed by atoms with E-state index in [4.69, 9.17) is 0 Å². The topological polar surface area (TPSA) is 12.0 Å². The first kappa shape index (κ1) is 23.4. The molecule has 0 aromatic heterocycles. The fourth-order valence-corrected chi connectivity index (χ4v) is 2.81. The molecule has 1 aromatic carbocycles. The second-order valence-electron chi connectivity index (χ2n) is 7.68. The van der Waals surface area contributed by atoms with Crippen LogP contribution in [0.25, 0.3) is 0 Å². The van der Waals surface area contributed by atoms with Crippen LogP contribution in [0.2, 0.25) is 0 Å². The Hall–Kier alpha value is -2.61. The van der Waals surface area contributed by atoms with Crippen molar-refractivity contribution >= 4 is 0 Å². The van der Waals surface area contributed by atoms with Crippen LogP contribution in [-0.2, 0) is 6.42 Å². The molecule has 1 nitrogen and oxygen atoms in total. The van der Waals surface area contributed by atoms with Gasteiger partial charge in [0.2, 0.25) is 0 Å². The Balaban J connectivity index is 3.01. The van der Waals surface area contributed by atoms with E-state index in [1.807, 2.05) is 18.2 Å². The molecule has 0 saturated heterocycles. The lowest BCUT2D eigenvalue weighted by molar-refractivity contribution is 0.292. The minimum atomic E-state index is -0.503.